The molecule has 4 nitrogen and oxygen atoms in total. The van der Waals surface area contributed by atoms with Gasteiger partial charge in [0.1, 0.15) is 30.8 Å². The van der Waals surface area contributed by atoms with Crippen LogP contribution in [0.15, 0.2) is 18.2 Å². The van der Waals surface area contributed by atoms with Gasteiger partial charge in [-0.05, 0) is 49.3 Å². The third kappa shape index (κ3) is 5.40. The van der Waals surface area contributed by atoms with Gasteiger partial charge in [0.2, 0.25) is 0 Å². The number of nitrogens with two attached hydrogens (primary N) is 1. The lowest BCUT2D eigenvalue weighted by Gasteiger charge is -2.24. The number of ether oxygens (including phenoxy) is 2. The Kier molecular flexibility index (Phi) is 6.31. The van der Waals surface area contributed by atoms with Gasteiger partial charge in [-0.25, -0.2) is 0 Å². The number of rotatable bonds is 7. The summed E-state index contributed by atoms with van der Waals surface area (Å²) in [5, 5.41) is 12.5. The van der Waals surface area contributed by atoms with E-state index < -0.39 is 6.10 Å². The largest absolute Gasteiger partial charge is 0.497 e. The average Bonchev–Trinajstić information content (AvgIpc) is 3.03. The normalized spacial score (nSPS) is 17.3. The maximum atomic E-state index is 10.2. The Morgan fingerprint density at radius 3 is 2.57 bits per heavy atom. The highest BCUT2D eigenvalue weighted by atomic mass is 16.5. The highest BCUT2D eigenvalue weighted by Gasteiger charge is 2.22. The standard InChI is InChI=1S/C19H31NO3/c1-19(2,3)17-11-16(22-4)9-10-18(17)23-13-15(21)12-20-14-7-5-6-8-14/h9-11,14-15,20-21H,5-8,12-13H2,1-4H3/p+1/t15-/m1/s1. The summed E-state index contributed by atoms with van der Waals surface area (Å²) in [5.41, 5.74) is 1.06. The second kappa shape index (κ2) is 8.02. The summed E-state index contributed by atoms with van der Waals surface area (Å²) >= 11 is 0. The van der Waals surface area contributed by atoms with Crippen molar-refractivity contribution in [1.82, 2.24) is 0 Å². The monoisotopic (exact) mass is 322 g/mol. The van der Waals surface area contributed by atoms with Gasteiger partial charge in [-0.1, -0.05) is 20.8 Å². The van der Waals surface area contributed by atoms with Crippen LogP contribution < -0.4 is 14.8 Å². The van der Waals surface area contributed by atoms with Gasteiger partial charge >= 0.3 is 0 Å². The predicted octanol–water partition coefficient (Wildman–Crippen LogP) is 2.24. The lowest BCUT2D eigenvalue weighted by Crippen LogP contribution is -2.91. The zero-order valence-electron chi connectivity index (χ0n) is 15.0. The lowest BCUT2D eigenvalue weighted by molar-refractivity contribution is -0.693. The van der Waals surface area contributed by atoms with Gasteiger partial charge in [0, 0.05) is 5.56 Å². The minimum absolute atomic E-state index is 0.0369. The fourth-order valence-electron chi connectivity index (χ4n) is 3.14. The molecule has 1 aliphatic carbocycles. The first-order valence-corrected chi connectivity index (χ1v) is 8.73. The third-order valence-electron chi connectivity index (χ3n) is 4.57. The third-order valence-corrected chi connectivity index (χ3v) is 4.57. The Morgan fingerprint density at radius 2 is 1.96 bits per heavy atom. The molecular weight excluding hydrogens is 290 g/mol. The first-order valence-electron chi connectivity index (χ1n) is 8.73. The average molecular weight is 322 g/mol. The van der Waals surface area contributed by atoms with Gasteiger partial charge in [0.15, 0.2) is 0 Å². The predicted molar refractivity (Wildman–Crippen MR) is 92.2 cm³/mol. The molecule has 130 valence electrons. The molecule has 23 heavy (non-hydrogen) atoms. The molecule has 0 bridgehead atoms. The van der Waals surface area contributed by atoms with E-state index in [2.05, 4.69) is 26.1 Å². The smallest absolute Gasteiger partial charge is 0.137 e. The SMILES string of the molecule is COc1ccc(OC[C@H](O)C[NH2+]C2CCCC2)c(C(C)(C)C)c1. The van der Waals surface area contributed by atoms with E-state index >= 15 is 0 Å². The molecule has 1 atom stereocenters. The molecule has 1 aromatic carbocycles. The lowest BCUT2D eigenvalue weighted by atomic mass is 9.86. The van der Waals surface area contributed by atoms with Gasteiger partial charge in [-0.15, -0.1) is 0 Å². The van der Waals surface area contributed by atoms with Crippen LogP contribution in [0.25, 0.3) is 0 Å². The molecular formula is C19H32NO3+. The van der Waals surface area contributed by atoms with Crippen molar-refractivity contribution in [2.45, 2.75) is 64.0 Å². The van der Waals surface area contributed by atoms with E-state index in [9.17, 15) is 5.11 Å². The van der Waals surface area contributed by atoms with E-state index in [4.69, 9.17) is 9.47 Å². The molecule has 1 saturated carbocycles. The maximum absolute atomic E-state index is 10.2. The van der Waals surface area contributed by atoms with Crippen molar-refractivity contribution in [3.8, 4) is 11.5 Å². The summed E-state index contributed by atoms with van der Waals surface area (Å²) in [7, 11) is 1.67. The van der Waals surface area contributed by atoms with Gasteiger partial charge in [0.05, 0.1) is 13.2 Å². The zero-order chi connectivity index (χ0) is 16.9. The van der Waals surface area contributed by atoms with Crippen molar-refractivity contribution < 1.29 is 19.9 Å². The molecule has 4 heteroatoms. The van der Waals surface area contributed by atoms with Gasteiger partial charge < -0.3 is 19.9 Å². The van der Waals surface area contributed by atoms with Crippen molar-refractivity contribution in [2.75, 3.05) is 20.3 Å². The highest BCUT2D eigenvalue weighted by molar-refractivity contribution is 5.44. The van der Waals surface area contributed by atoms with Crippen LogP contribution in [-0.4, -0.2) is 37.5 Å². The minimum atomic E-state index is -0.439. The molecule has 0 saturated heterocycles. The number of aliphatic hydroxyl groups excluding tert-OH is 1. The minimum Gasteiger partial charge on any atom is -0.497 e. The van der Waals surface area contributed by atoms with E-state index in [1.165, 1.54) is 25.7 Å². The van der Waals surface area contributed by atoms with Crippen molar-refractivity contribution in [3.63, 3.8) is 0 Å². The van der Waals surface area contributed by atoms with Crippen LogP contribution in [0.4, 0.5) is 0 Å². The van der Waals surface area contributed by atoms with Crippen molar-refractivity contribution in [1.29, 1.82) is 0 Å². The molecule has 0 unspecified atom stereocenters. The number of methoxy groups -OCH3 is 1. The number of hydrogen-bond donors (Lipinski definition) is 2. The second-order valence-electron chi connectivity index (χ2n) is 7.59. The molecule has 0 aliphatic heterocycles. The van der Waals surface area contributed by atoms with Crippen LogP contribution in [0.5, 0.6) is 11.5 Å². The Balaban J connectivity index is 1.91. The van der Waals surface area contributed by atoms with Crippen LogP contribution >= 0.6 is 0 Å². The fraction of sp³-hybridized carbons (Fsp3) is 0.684. The summed E-state index contributed by atoms with van der Waals surface area (Å²) in [6, 6.07) is 6.55. The summed E-state index contributed by atoms with van der Waals surface area (Å²) < 4.78 is 11.2. The van der Waals surface area contributed by atoms with Crippen LogP contribution in [-0.2, 0) is 5.41 Å². The quantitative estimate of drug-likeness (QED) is 0.809. The van der Waals surface area contributed by atoms with E-state index in [1.807, 2.05) is 18.2 Å². The second-order valence-corrected chi connectivity index (χ2v) is 7.59. The van der Waals surface area contributed by atoms with Gasteiger partial charge in [0.25, 0.3) is 0 Å². The Bertz CT molecular complexity index is 490. The van der Waals surface area contributed by atoms with Crippen molar-refractivity contribution in [2.24, 2.45) is 0 Å². The van der Waals surface area contributed by atoms with Crippen LogP contribution in [0.2, 0.25) is 0 Å². The Morgan fingerprint density at radius 1 is 1.26 bits per heavy atom. The van der Waals surface area contributed by atoms with Crippen molar-refractivity contribution >= 4 is 0 Å². The van der Waals surface area contributed by atoms with E-state index in [0.717, 1.165) is 17.1 Å². The molecule has 0 heterocycles. The van der Waals surface area contributed by atoms with E-state index in [0.29, 0.717) is 19.2 Å². The number of benzene rings is 1. The molecule has 0 aromatic heterocycles. The number of aliphatic hydroxyl groups is 1. The Labute approximate surface area is 140 Å². The number of quaternary nitrogens is 1. The molecule has 3 N–H and O–H groups in total. The van der Waals surface area contributed by atoms with E-state index in [-0.39, 0.29) is 5.41 Å². The van der Waals surface area contributed by atoms with E-state index in [1.54, 1.807) is 7.11 Å². The molecule has 0 radical (unpaired) electrons. The zero-order valence-corrected chi connectivity index (χ0v) is 15.0. The molecule has 1 aliphatic rings. The van der Waals surface area contributed by atoms with Crippen LogP contribution in [0, 0.1) is 0 Å². The molecule has 1 fully saturated rings. The summed E-state index contributed by atoms with van der Waals surface area (Å²) in [4.78, 5) is 0. The fourth-order valence-corrected chi connectivity index (χ4v) is 3.14. The van der Waals surface area contributed by atoms with Gasteiger partial charge in [-0.3, -0.25) is 0 Å². The van der Waals surface area contributed by atoms with Crippen LogP contribution in [0.1, 0.15) is 52.0 Å². The molecule has 0 spiro atoms. The number of hydrogen-bond acceptors (Lipinski definition) is 3. The first-order chi connectivity index (χ1) is 10.9. The molecule has 1 aromatic rings. The summed E-state index contributed by atoms with van der Waals surface area (Å²) in [6.45, 7) is 7.50. The first kappa shape index (κ1) is 18.1. The van der Waals surface area contributed by atoms with Gasteiger partial charge in [-0.2, -0.15) is 0 Å². The highest BCUT2D eigenvalue weighted by Crippen LogP contribution is 2.34. The Hall–Kier alpha value is -1.26. The van der Waals surface area contributed by atoms with Crippen LogP contribution in [0.3, 0.4) is 0 Å². The van der Waals surface area contributed by atoms with Crippen molar-refractivity contribution in [3.05, 3.63) is 23.8 Å². The molecule has 2 rings (SSSR count). The topological polar surface area (TPSA) is 55.3 Å². The summed E-state index contributed by atoms with van der Waals surface area (Å²) in [5.74, 6) is 1.66. The molecule has 0 amide bonds. The summed E-state index contributed by atoms with van der Waals surface area (Å²) in [6.07, 6.45) is 4.77. The maximum Gasteiger partial charge on any atom is 0.137 e.